The van der Waals surface area contributed by atoms with Crippen LogP contribution in [-0.4, -0.2) is 41.7 Å². The smallest absolute Gasteiger partial charge is 0.243 e. The second-order valence-corrected chi connectivity index (χ2v) is 8.47. The van der Waals surface area contributed by atoms with Crippen molar-refractivity contribution < 1.29 is 13.2 Å². The van der Waals surface area contributed by atoms with Crippen molar-refractivity contribution >= 4 is 26.8 Å². The van der Waals surface area contributed by atoms with Gasteiger partial charge in [0.05, 0.1) is 24.3 Å². The lowest BCUT2D eigenvalue weighted by molar-refractivity contribution is -0.120. The number of benzene rings is 1. The second-order valence-electron chi connectivity index (χ2n) is 6.73. The number of carbonyl (C=O) groups is 1. The van der Waals surface area contributed by atoms with Crippen molar-refractivity contribution in [3.05, 3.63) is 54.0 Å². The van der Waals surface area contributed by atoms with Gasteiger partial charge >= 0.3 is 0 Å². The molecule has 2 N–H and O–H groups in total. The van der Waals surface area contributed by atoms with Crippen molar-refractivity contribution in [3.63, 3.8) is 0 Å². The van der Waals surface area contributed by atoms with Crippen molar-refractivity contribution in [1.29, 1.82) is 0 Å². The van der Waals surface area contributed by atoms with Crippen molar-refractivity contribution in [2.24, 2.45) is 0 Å². The van der Waals surface area contributed by atoms with Gasteiger partial charge in [0.15, 0.2) is 0 Å². The Kier molecular flexibility index (Phi) is 5.76. The first-order chi connectivity index (χ1) is 13.3. The number of aromatic nitrogens is 3. The van der Waals surface area contributed by atoms with Gasteiger partial charge in [0, 0.05) is 23.3 Å². The lowest BCUT2D eigenvalue weighted by atomic mass is 10.2. The van der Waals surface area contributed by atoms with Gasteiger partial charge in [0.25, 0.3) is 0 Å². The summed E-state index contributed by atoms with van der Waals surface area (Å²) in [5.74, 6) is -0.411. The molecule has 2 heterocycles. The van der Waals surface area contributed by atoms with Crippen LogP contribution in [0.4, 0.5) is 0 Å². The van der Waals surface area contributed by atoms with E-state index in [1.807, 2.05) is 31.5 Å². The number of pyridine rings is 1. The van der Waals surface area contributed by atoms with Gasteiger partial charge in [-0.15, -0.1) is 0 Å². The van der Waals surface area contributed by atoms with Crippen LogP contribution in [-0.2, 0) is 21.4 Å². The summed E-state index contributed by atoms with van der Waals surface area (Å²) in [6, 6.07) is 10.2. The van der Waals surface area contributed by atoms with Crippen LogP contribution in [0.1, 0.15) is 18.3 Å². The minimum Gasteiger partial charge on any atom is -0.351 e. The van der Waals surface area contributed by atoms with Crippen LogP contribution in [0.3, 0.4) is 0 Å². The molecule has 0 radical (unpaired) electrons. The molecule has 0 fully saturated rings. The van der Waals surface area contributed by atoms with E-state index in [1.54, 1.807) is 24.3 Å². The number of fused-ring (bicyclic) bond motifs is 1. The lowest BCUT2D eigenvalue weighted by Crippen LogP contribution is -2.42. The SMILES string of the molecule is Cc1cc(C)n(C[C@@H](C)NC(=O)CNS(=O)(=O)c2cccc3cccnc23)n1. The van der Waals surface area contributed by atoms with Crippen molar-refractivity contribution in [3.8, 4) is 0 Å². The Hall–Kier alpha value is -2.78. The first-order valence-corrected chi connectivity index (χ1v) is 10.4. The van der Waals surface area contributed by atoms with E-state index >= 15 is 0 Å². The summed E-state index contributed by atoms with van der Waals surface area (Å²) in [4.78, 5) is 16.4. The van der Waals surface area contributed by atoms with Gasteiger partial charge < -0.3 is 5.32 Å². The molecule has 3 aromatic rings. The van der Waals surface area contributed by atoms with Gasteiger partial charge in [-0.3, -0.25) is 14.5 Å². The summed E-state index contributed by atoms with van der Waals surface area (Å²) in [6.07, 6.45) is 1.54. The molecule has 0 saturated heterocycles. The van der Waals surface area contributed by atoms with Crippen LogP contribution in [0.25, 0.3) is 10.9 Å². The molecule has 3 rings (SSSR count). The molecule has 1 amide bonds. The third-order valence-electron chi connectivity index (χ3n) is 4.27. The predicted octanol–water partition coefficient (Wildman–Crippen LogP) is 1.53. The molecule has 0 aliphatic rings. The zero-order valence-corrected chi connectivity index (χ0v) is 16.8. The number of hydrogen-bond acceptors (Lipinski definition) is 5. The molecular formula is C19H23N5O3S. The molecule has 0 saturated carbocycles. The number of nitrogens with one attached hydrogen (secondary N) is 2. The Morgan fingerprint density at radius 3 is 2.68 bits per heavy atom. The van der Waals surface area contributed by atoms with Gasteiger partial charge in [-0.25, -0.2) is 13.1 Å². The molecule has 2 aromatic heterocycles. The lowest BCUT2D eigenvalue weighted by Gasteiger charge is -2.15. The summed E-state index contributed by atoms with van der Waals surface area (Å²) >= 11 is 0. The van der Waals surface area contributed by atoms with Crippen molar-refractivity contribution in [1.82, 2.24) is 24.8 Å². The Labute approximate surface area is 164 Å². The monoisotopic (exact) mass is 401 g/mol. The molecule has 0 aliphatic carbocycles. The molecule has 1 aromatic carbocycles. The summed E-state index contributed by atoms with van der Waals surface area (Å²) < 4.78 is 29.4. The van der Waals surface area contributed by atoms with Crippen LogP contribution in [0.15, 0.2) is 47.5 Å². The molecule has 0 spiro atoms. The number of para-hydroxylation sites is 1. The Morgan fingerprint density at radius 1 is 1.21 bits per heavy atom. The molecular weight excluding hydrogens is 378 g/mol. The number of amides is 1. The van der Waals surface area contributed by atoms with Crippen LogP contribution in [0.2, 0.25) is 0 Å². The number of sulfonamides is 1. The minimum atomic E-state index is -3.87. The van der Waals surface area contributed by atoms with Crippen LogP contribution in [0, 0.1) is 13.8 Å². The molecule has 0 unspecified atom stereocenters. The first-order valence-electron chi connectivity index (χ1n) is 8.90. The summed E-state index contributed by atoms with van der Waals surface area (Å²) in [6.45, 7) is 5.85. The fourth-order valence-corrected chi connectivity index (χ4v) is 4.18. The number of aryl methyl sites for hydroxylation is 2. The molecule has 9 heteroatoms. The van der Waals surface area contributed by atoms with Crippen LogP contribution in [0.5, 0.6) is 0 Å². The van der Waals surface area contributed by atoms with E-state index in [1.165, 1.54) is 12.3 Å². The number of nitrogens with zero attached hydrogens (tertiary/aromatic N) is 3. The van der Waals surface area contributed by atoms with E-state index in [4.69, 9.17) is 0 Å². The summed E-state index contributed by atoms with van der Waals surface area (Å²) in [7, 11) is -3.87. The van der Waals surface area contributed by atoms with E-state index in [2.05, 4.69) is 20.1 Å². The zero-order chi connectivity index (χ0) is 20.3. The molecule has 28 heavy (non-hydrogen) atoms. The maximum Gasteiger partial charge on any atom is 0.243 e. The normalized spacial score (nSPS) is 12.8. The molecule has 8 nitrogen and oxygen atoms in total. The van der Waals surface area contributed by atoms with Crippen LogP contribution < -0.4 is 10.0 Å². The van der Waals surface area contributed by atoms with Crippen molar-refractivity contribution in [2.75, 3.05) is 6.54 Å². The van der Waals surface area contributed by atoms with Gasteiger partial charge in [-0.05, 0) is 39.0 Å². The van der Waals surface area contributed by atoms with E-state index in [0.717, 1.165) is 11.4 Å². The fraction of sp³-hybridized carbons (Fsp3) is 0.316. The highest BCUT2D eigenvalue weighted by molar-refractivity contribution is 7.89. The Morgan fingerprint density at radius 2 is 1.96 bits per heavy atom. The first kappa shape index (κ1) is 20.0. The van der Waals surface area contributed by atoms with Crippen LogP contribution >= 0.6 is 0 Å². The average Bonchev–Trinajstić information content (AvgIpc) is 2.96. The minimum absolute atomic E-state index is 0.0501. The third kappa shape index (κ3) is 4.55. The predicted molar refractivity (Wildman–Crippen MR) is 106 cm³/mol. The number of hydrogen-bond donors (Lipinski definition) is 2. The summed E-state index contributed by atoms with van der Waals surface area (Å²) in [5, 5.41) is 7.86. The molecule has 1 atom stereocenters. The largest absolute Gasteiger partial charge is 0.351 e. The quantitative estimate of drug-likeness (QED) is 0.625. The van der Waals surface area contributed by atoms with E-state index in [-0.39, 0.29) is 17.5 Å². The maximum absolute atomic E-state index is 12.6. The average molecular weight is 401 g/mol. The van der Waals surface area contributed by atoms with Gasteiger partial charge in [0.2, 0.25) is 15.9 Å². The Bertz CT molecular complexity index is 1100. The van der Waals surface area contributed by atoms with E-state index < -0.39 is 15.9 Å². The third-order valence-corrected chi connectivity index (χ3v) is 5.70. The highest BCUT2D eigenvalue weighted by Gasteiger charge is 2.19. The highest BCUT2D eigenvalue weighted by atomic mass is 32.2. The topological polar surface area (TPSA) is 106 Å². The second kappa shape index (κ2) is 8.07. The van der Waals surface area contributed by atoms with E-state index in [9.17, 15) is 13.2 Å². The van der Waals surface area contributed by atoms with Crippen molar-refractivity contribution in [2.45, 2.75) is 38.3 Å². The van der Waals surface area contributed by atoms with Gasteiger partial charge in [-0.2, -0.15) is 5.10 Å². The molecule has 148 valence electrons. The van der Waals surface area contributed by atoms with Gasteiger partial charge in [0.1, 0.15) is 4.90 Å². The standard InChI is InChI=1S/C19H23N5O3S/c1-13-10-15(3)24(23-13)12-14(2)22-18(25)11-21-28(26,27)17-8-4-6-16-7-5-9-20-19(16)17/h4-10,14,21H,11-12H2,1-3H3,(H,22,25)/t14-/m1/s1. The Balaban J connectivity index is 1.62. The summed E-state index contributed by atoms with van der Waals surface area (Å²) in [5.41, 5.74) is 2.28. The van der Waals surface area contributed by atoms with Gasteiger partial charge in [-0.1, -0.05) is 18.2 Å². The number of carbonyl (C=O) groups excluding carboxylic acids is 1. The molecule has 0 bridgehead atoms. The van der Waals surface area contributed by atoms with E-state index in [0.29, 0.717) is 17.4 Å². The zero-order valence-electron chi connectivity index (χ0n) is 16.0. The fourth-order valence-electron chi connectivity index (χ4n) is 3.02. The highest BCUT2D eigenvalue weighted by Crippen LogP contribution is 2.20. The molecule has 0 aliphatic heterocycles. The maximum atomic E-state index is 12.6. The number of rotatable bonds is 7.